The lowest BCUT2D eigenvalue weighted by molar-refractivity contribution is -0.161. The zero-order valence-corrected chi connectivity index (χ0v) is 64.5. The SMILES string of the molecule is CCCCCCCCCCCC(=O)O[C@H](COC(=O)CCCCCCCCC)COP(=O)(O)OC[C@H](O)COP(=O)(O)OC[C@@H](COC(=O)CCCCCCCCCCCCCCCCC(C)CC)OC(=O)CCCCCCCCCCCCCCCCCCCCC(C)CC. The van der Waals surface area contributed by atoms with Crippen LogP contribution in [-0.2, 0) is 65.4 Å². The van der Waals surface area contributed by atoms with Gasteiger partial charge >= 0.3 is 39.5 Å². The highest BCUT2D eigenvalue weighted by atomic mass is 31.2. The van der Waals surface area contributed by atoms with Gasteiger partial charge in [-0.25, -0.2) is 9.13 Å². The van der Waals surface area contributed by atoms with Gasteiger partial charge in [0.25, 0.3) is 0 Å². The Bertz CT molecular complexity index is 1860. The van der Waals surface area contributed by atoms with Crippen LogP contribution in [0.1, 0.15) is 401 Å². The average molecular weight is 1410 g/mol. The first kappa shape index (κ1) is 94.1. The summed E-state index contributed by atoms with van der Waals surface area (Å²) in [5, 5.41) is 10.6. The molecule has 0 radical (unpaired) electrons. The molecule has 0 bridgehead atoms. The van der Waals surface area contributed by atoms with Crippen LogP contribution in [0.25, 0.3) is 0 Å². The number of esters is 4. The third-order valence-corrected chi connectivity index (χ3v) is 20.6. The zero-order valence-electron chi connectivity index (χ0n) is 62.7. The average Bonchev–Trinajstić information content (AvgIpc) is 1.40. The molecule has 0 saturated carbocycles. The highest BCUT2D eigenvalue weighted by molar-refractivity contribution is 7.47. The molecule has 0 aromatic heterocycles. The normalized spacial score (nSPS) is 14.6. The van der Waals surface area contributed by atoms with Crippen molar-refractivity contribution in [3.8, 4) is 0 Å². The van der Waals surface area contributed by atoms with E-state index in [1.807, 2.05) is 0 Å². The first-order chi connectivity index (χ1) is 46.4. The van der Waals surface area contributed by atoms with Gasteiger partial charge < -0.3 is 33.8 Å². The molecular weight excluding hydrogens is 1260 g/mol. The standard InChI is InChI=1S/C77H150O17P2/c1-7-11-13-15-17-34-43-49-55-61-76(81)93-72(65-87-74(79)59-53-47-39-16-14-12-8-2)67-91-95(83,84)89-63-71(78)64-90-96(85,86)92-68-73(66-88-75(80)60-54-48-42-37-32-28-25-24-27-31-36-41-46-52-58-70(6)10-4)94-77(82)62-56-50-44-38-33-29-23-21-19-18-20-22-26-30-35-40-45-51-57-69(5)9-3/h69-73,78H,7-68H2,1-6H3,(H,83,84)(H,85,86)/t69?,70?,71-,72+,73+/m0/s1. The van der Waals surface area contributed by atoms with Crippen LogP contribution in [0.15, 0.2) is 0 Å². The third kappa shape index (κ3) is 67.9. The second-order valence-corrected chi connectivity index (χ2v) is 31.1. The first-order valence-corrected chi connectivity index (χ1v) is 43.1. The molecule has 0 aliphatic heterocycles. The number of phosphoric acid groups is 2. The Hall–Kier alpha value is -1.94. The molecule has 0 heterocycles. The zero-order chi connectivity index (χ0) is 70.7. The highest BCUT2D eigenvalue weighted by Gasteiger charge is 2.30. The van der Waals surface area contributed by atoms with Gasteiger partial charge in [0, 0.05) is 25.7 Å². The summed E-state index contributed by atoms with van der Waals surface area (Å²) < 4.78 is 68.3. The van der Waals surface area contributed by atoms with Crippen molar-refractivity contribution in [3.05, 3.63) is 0 Å². The van der Waals surface area contributed by atoms with Crippen LogP contribution in [0.2, 0.25) is 0 Å². The van der Waals surface area contributed by atoms with Gasteiger partial charge in [-0.1, -0.05) is 350 Å². The summed E-state index contributed by atoms with van der Waals surface area (Å²) in [6.07, 6.45) is 57.1. The number of unbranched alkanes of at least 4 members (excludes halogenated alkanes) is 44. The summed E-state index contributed by atoms with van der Waals surface area (Å²) in [6.45, 7) is 9.66. The van der Waals surface area contributed by atoms with E-state index < -0.39 is 97.5 Å². The van der Waals surface area contributed by atoms with Crippen molar-refractivity contribution in [1.82, 2.24) is 0 Å². The van der Waals surface area contributed by atoms with E-state index in [9.17, 15) is 43.2 Å². The molecule has 96 heavy (non-hydrogen) atoms. The van der Waals surface area contributed by atoms with Gasteiger partial charge in [-0.15, -0.1) is 0 Å². The summed E-state index contributed by atoms with van der Waals surface area (Å²) in [6, 6.07) is 0. The molecule has 0 aromatic carbocycles. The van der Waals surface area contributed by atoms with Crippen molar-refractivity contribution < 1.29 is 80.2 Å². The van der Waals surface area contributed by atoms with Gasteiger partial charge in [0.05, 0.1) is 26.4 Å². The van der Waals surface area contributed by atoms with E-state index in [1.165, 1.54) is 205 Å². The maximum absolute atomic E-state index is 13.1. The Kier molecular flexibility index (Phi) is 67.4. The summed E-state index contributed by atoms with van der Waals surface area (Å²) in [5.41, 5.74) is 0. The van der Waals surface area contributed by atoms with Crippen molar-refractivity contribution in [2.45, 2.75) is 419 Å². The van der Waals surface area contributed by atoms with Crippen LogP contribution in [0, 0.1) is 11.8 Å². The van der Waals surface area contributed by atoms with Crippen molar-refractivity contribution in [1.29, 1.82) is 0 Å². The lowest BCUT2D eigenvalue weighted by atomic mass is 9.99. The Morgan fingerprint density at radius 1 is 0.292 bits per heavy atom. The number of phosphoric ester groups is 2. The van der Waals surface area contributed by atoms with Gasteiger partial charge in [0.2, 0.25) is 0 Å². The van der Waals surface area contributed by atoms with Crippen LogP contribution in [0.4, 0.5) is 0 Å². The van der Waals surface area contributed by atoms with E-state index in [0.29, 0.717) is 25.7 Å². The molecule has 7 atom stereocenters. The molecule has 3 N–H and O–H groups in total. The predicted molar refractivity (Wildman–Crippen MR) is 391 cm³/mol. The number of aliphatic hydroxyl groups is 1. The lowest BCUT2D eigenvalue weighted by Gasteiger charge is -2.21. The van der Waals surface area contributed by atoms with Crippen LogP contribution in [0.3, 0.4) is 0 Å². The second kappa shape index (κ2) is 68.8. The number of carbonyl (C=O) groups is 4. The van der Waals surface area contributed by atoms with E-state index in [1.54, 1.807) is 0 Å². The minimum Gasteiger partial charge on any atom is -0.462 e. The summed E-state index contributed by atoms with van der Waals surface area (Å²) >= 11 is 0. The maximum Gasteiger partial charge on any atom is 0.472 e. The fourth-order valence-corrected chi connectivity index (χ4v) is 13.3. The third-order valence-electron chi connectivity index (χ3n) is 18.7. The first-order valence-electron chi connectivity index (χ1n) is 40.1. The van der Waals surface area contributed by atoms with E-state index in [0.717, 1.165) is 115 Å². The molecule has 0 fully saturated rings. The fraction of sp³-hybridized carbons (Fsp3) is 0.948. The summed E-state index contributed by atoms with van der Waals surface area (Å²) in [7, 11) is -9.90. The van der Waals surface area contributed by atoms with E-state index in [-0.39, 0.29) is 25.7 Å². The van der Waals surface area contributed by atoms with Crippen LogP contribution in [0.5, 0.6) is 0 Å². The lowest BCUT2D eigenvalue weighted by Crippen LogP contribution is -2.30. The van der Waals surface area contributed by atoms with E-state index >= 15 is 0 Å². The smallest absolute Gasteiger partial charge is 0.462 e. The molecule has 0 aliphatic rings. The predicted octanol–water partition coefficient (Wildman–Crippen LogP) is 22.7. The molecular formula is C77H150O17P2. The monoisotopic (exact) mass is 1410 g/mol. The van der Waals surface area contributed by atoms with Gasteiger partial charge in [0.15, 0.2) is 12.2 Å². The van der Waals surface area contributed by atoms with Gasteiger partial charge in [-0.2, -0.15) is 0 Å². The highest BCUT2D eigenvalue weighted by Crippen LogP contribution is 2.45. The minimum atomic E-state index is -4.96. The number of rotatable bonds is 76. The number of hydrogen-bond acceptors (Lipinski definition) is 15. The van der Waals surface area contributed by atoms with Crippen molar-refractivity contribution in [2.75, 3.05) is 39.6 Å². The van der Waals surface area contributed by atoms with Crippen LogP contribution >= 0.6 is 15.6 Å². The number of hydrogen-bond donors (Lipinski definition) is 3. The Morgan fingerprint density at radius 2 is 0.500 bits per heavy atom. The number of carbonyl (C=O) groups excluding carboxylic acids is 4. The number of ether oxygens (including phenoxy) is 4. The van der Waals surface area contributed by atoms with Crippen molar-refractivity contribution in [3.63, 3.8) is 0 Å². The molecule has 4 unspecified atom stereocenters. The molecule has 0 saturated heterocycles. The minimum absolute atomic E-state index is 0.106. The molecule has 570 valence electrons. The number of aliphatic hydroxyl groups excluding tert-OH is 1. The van der Waals surface area contributed by atoms with Crippen molar-refractivity contribution in [2.24, 2.45) is 11.8 Å². The van der Waals surface area contributed by atoms with E-state index in [4.69, 9.17) is 37.0 Å². The molecule has 0 spiro atoms. The summed E-state index contributed by atoms with van der Waals surface area (Å²) in [5.74, 6) is -0.400. The Morgan fingerprint density at radius 3 is 0.740 bits per heavy atom. The molecule has 0 amide bonds. The topological polar surface area (TPSA) is 237 Å². The Balaban J connectivity index is 5.14. The van der Waals surface area contributed by atoms with Crippen LogP contribution < -0.4 is 0 Å². The Labute approximate surface area is 588 Å². The fourth-order valence-electron chi connectivity index (χ4n) is 11.8. The van der Waals surface area contributed by atoms with Crippen LogP contribution in [-0.4, -0.2) is 96.7 Å². The molecule has 0 aliphatic carbocycles. The largest absolute Gasteiger partial charge is 0.472 e. The summed E-state index contributed by atoms with van der Waals surface area (Å²) in [4.78, 5) is 72.6. The molecule has 17 nitrogen and oxygen atoms in total. The second-order valence-electron chi connectivity index (χ2n) is 28.2. The molecule has 19 heteroatoms. The molecule has 0 aromatic rings. The van der Waals surface area contributed by atoms with Gasteiger partial charge in [0.1, 0.15) is 19.3 Å². The van der Waals surface area contributed by atoms with E-state index in [2.05, 4.69) is 41.5 Å². The molecule has 0 rings (SSSR count). The maximum atomic E-state index is 13.1. The van der Waals surface area contributed by atoms with Gasteiger partial charge in [-0.3, -0.25) is 37.3 Å². The van der Waals surface area contributed by atoms with Crippen molar-refractivity contribution >= 4 is 39.5 Å². The van der Waals surface area contributed by atoms with Gasteiger partial charge in [-0.05, 0) is 37.5 Å². The quantitative estimate of drug-likeness (QED) is 0.0222.